The molecule has 0 N–H and O–H groups in total. The van der Waals surface area contributed by atoms with Gasteiger partial charge in [-0.15, -0.1) is 11.6 Å². The van der Waals surface area contributed by atoms with Gasteiger partial charge in [0.1, 0.15) is 11.6 Å². The third-order valence-electron chi connectivity index (χ3n) is 4.17. The van der Waals surface area contributed by atoms with Crippen LogP contribution in [0.5, 0.6) is 0 Å². The summed E-state index contributed by atoms with van der Waals surface area (Å²) >= 11 is 12.2. The number of piperidine rings is 1. The van der Waals surface area contributed by atoms with E-state index in [1.807, 2.05) is 6.92 Å². The van der Waals surface area contributed by atoms with Crippen LogP contribution in [0.1, 0.15) is 37.0 Å². The summed E-state index contributed by atoms with van der Waals surface area (Å²) < 4.78 is 15.8. The first-order chi connectivity index (χ1) is 9.97. The highest BCUT2D eigenvalue weighted by molar-refractivity contribution is 6.31. The first kappa shape index (κ1) is 15.1. The molecule has 1 aromatic carbocycles. The molecule has 1 aromatic heterocycles. The van der Waals surface area contributed by atoms with E-state index >= 15 is 0 Å². The van der Waals surface area contributed by atoms with E-state index in [0.29, 0.717) is 11.6 Å². The van der Waals surface area contributed by atoms with Crippen LogP contribution in [-0.4, -0.2) is 34.6 Å². The second-order valence-corrected chi connectivity index (χ2v) is 6.81. The minimum Gasteiger partial charge on any atom is -0.323 e. The Kier molecular flexibility index (Phi) is 4.12. The van der Waals surface area contributed by atoms with Crippen molar-refractivity contribution in [3.8, 4) is 0 Å². The second-order valence-electron chi connectivity index (χ2n) is 5.75. The molecule has 6 heteroatoms. The van der Waals surface area contributed by atoms with Crippen LogP contribution in [-0.2, 0) is 0 Å². The van der Waals surface area contributed by atoms with E-state index in [4.69, 9.17) is 23.2 Å². The van der Waals surface area contributed by atoms with Crippen molar-refractivity contribution < 1.29 is 4.39 Å². The van der Waals surface area contributed by atoms with Gasteiger partial charge in [0.25, 0.3) is 0 Å². The zero-order chi connectivity index (χ0) is 15.1. The standard InChI is InChI=1S/C15H18Cl2FN3/c1-9(16)15-19-13-8-12(18)11(17)7-14(13)21(15)10-3-5-20(2)6-4-10/h7-10H,3-6H2,1-2H3. The summed E-state index contributed by atoms with van der Waals surface area (Å²) in [4.78, 5) is 6.84. The van der Waals surface area contributed by atoms with Crippen LogP contribution in [0.25, 0.3) is 11.0 Å². The maximum atomic E-state index is 13.7. The Morgan fingerprint density at radius 3 is 2.62 bits per heavy atom. The highest BCUT2D eigenvalue weighted by atomic mass is 35.5. The molecular weight excluding hydrogens is 312 g/mol. The Balaban J connectivity index is 2.14. The Morgan fingerprint density at radius 2 is 2.00 bits per heavy atom. The number of nitrogens with zero attached hydrogens (tertiary/aromatic N) is 3. The first-order valence-electron chi connectivity index (χ1n) is 7.17. The number of likely N-dealkylation sites (tertiary alicyclic amines) is 1. The van der Waals surface area contributed by atoms with Crippen LogP contribution in [0.2, 0.25) is 5.02 Å². The summed E-state index contributed by atoms with van der Waals surface area (Å²) in [5.74, 6) is 0.355. The molecular formula is C15H18Cl2FN3. The Bertz CT molecular complexity index is 660. The zero-order valence-corrected chi connectivity index (χ0v) is 13.6. The van der Waals surface area contributed by atoms with Crippen LogP contribution < -0.4 is 0 Å². The number of alkyl halides is 1. The van der Waals surface area contributed by atoms with E-state index in [1.165, 1.54) is 6.07 Å². The van der Waals surface area contributed by atoms with Gasteiger partial charge in [-0.05, 0) is 46.0 Å². The monoisotopic (exact) mass is 329 g/mol. The van der Waals surface area contributed by atoms with E-state index in [9.17, 15) is 4.39 Å². The molecule has 3 nitrogen and oxygen atoms in total. The Labute approximate surface area is 133 Å². The smallest absolute Gasteiger partial charge is 0.144 e. The minimum absolute atomic E-state index is 0.130. The molecule has 1 saturated heterocycles. The largest absolute Gasteiger partial charge is 0.323 e. The molecule has 1 unspecified atom stereocenters. The molecule has 3 rings (SSSR count). The maximum Gasteiger partial charge on any atom is 0.144 e. The van der Waals surface area contributed by atoms with Gasteiger partial charge in [0.05, 0.1) is 21.4 Å². The number of aromatic nitrogens is 2. The highest BCUT2D eigenvalue weighted by Gasteiger charge is 2.25. The zero-order valence-electron chi connectivity index (χ0n) is 12.1. The van der Waals surface area contributed by atoms with Gasteiger partial charge in [-0.2, -0.15) is 0 Å². The lowest BCUT2D eigenvalue weighted by Gasteiger charge is -2.31. The fourth-order valence-corrected chi connectivity index (χ4v) is 3.34. The molecule has 2 heterocycles. The van der Waals surface area contributed by atoms with E-state index in [-0.39, 0.29) is 10.4 Å². The average Bonchev–Trinajstić information content (AvgIpc) is 2.79. The van der Waals surface area contributed by atoms with Gasteiger partial charge in [0, 0.05) is 12.1 Å². The summed E-state index contributed by atoms with van der Waals surface area (Å²) in [5.41, 5.74) is 1.50. The van der Waals surface area contributed by atoms with Gasteiger partial charge < -0.3 is 9.47 Å². The minimum atomic E-state index is -0.439. The molecule has 0 aliphatic carbocycles. The number of benzene rings is 1. The van der Waals surface area contributed by atoms with Crippen molar-refractivity contribution in [2.75, 3.05) is 20.1 Å². The normalized spacial score (nSPS) is 19.3. The second kappa shape index (κ2) is 5.75. The van der Waals surface area contributed by atoms with Gasteiger partial charge in [0.15, 0.2) is 0 Å². The van der Waals surface area contributed by atoms with Crippen LogP contribution in [0.4, 0.5) is 4.39 Å². The predicted molar refractivity (Wildman–Crippen MR) is 84.7 cm³/mol. The average molecular weight is 330 g/mol. The number of hydrogen-bond acceptors (Lipinski definition) is 2. The fraction of sp³-hybridized carbons (Fsp3) is 0.533. The van der Waals surface area contributed by atoms with Gasteiger partial charge in [-0.1, -0.05) is 11.6 Å². The van der Waals surface area contributed by atoms with E-state index in [1.54, 1.807) is 6.07 Å². The summed E-state index contributed by atoms with van der Waals surface area (Å²) in [5, 5.41) is -0.0933. The Hall–Kier alpha value is -0.840. The summed E-state index contributed by atoms with van der Waals surface area (Å²) in [6.07, 6.45) is 2.07. The molecule has 0 saturated carbocycles. The van der Waals surface area contributed by atoms with Gasteiger partial charge in [-0.3, -0.25) is 0 Å². The Morgan fingerprint density at radius 1 is 1.33 bits per heavy atom. The molecule has 0 bridgehead atoms. The van der Waals surface area contributed by atoms with Crippen LogP contribution in [0.15, 0.2) is 12.1 Å². The first-order valence-corrected chi connectivity index (χ1v) is 7.98. The molecule has 1 aliphatic rings. The maximum absolute atomic E-state index is 13.7. The summed E-state index contributed by atoms with van der Waals surface area (Å²) in [6.45, 7) is 3.97. The molecule has 0 spiro atoms. The summed E-state index contributed by atoms with van der Waals surface area (Å²) in [6, 6.07) is 3.40. The number of rotatable bonds is 2. The van der Waals surface area contributed by atoms with Crippen LogP contribution in [0, 0.1) is 5.82 Å². The van der Waals surface area contributed by atoms with Crippen molar-refractivity contribution in [3.63, 3.8) is 0 Å². The third-order valence-corrected chi connectivity index (χ3v) is 4.65. The SMILES string of the molecule is CC(Cl)c1nc2cc(F)c(Cl)cc2n1C1CCN(C)CC1. The number of imidazole rings is 1. The van der Waals surface area contributed by atoms with Crippen LogP contribution in [0.3, 0.4) is 0 Å². The van der Waals surface area contributed by atoms with E-state index < -0.39 is 5.82 Å². The van der Waals surface area contributed by atoms with E-state index in [0.717, 1.165) is 37.3 Å². The molecule has 2 aromatic rings. The van der Waals surface area contributed by atoms with Crippen molar-refractivity contribution in [1.82, 2.24) is 14.5 Å². The lowest BCUT2D eigenvalue weighted by molar-refractivity contribution is 0.221. The van der Waals surface area contributed by atoms with Gasteiger partial charge in [-0.25, -0.2) is 9.37 Å². The van der Waals surface area contributed by atoms with Crippen molar-refractivity contribution in [1.29, 1.82) is 0 Å². The van der Waals surface area contributed by atoms with Crippen molar-refractivity contribution in [2.45, 2.75) is 31.2 Å². The highest BCUT2D eigenvalue weighted by Crippen LogP contribution is 2.34. The van der Waals surface area contributed by atoms with Gasteiger partial charge in [0.2, 0.25) is 0 Å². The molecule has 1 aliphatic heterocycles. The third kappa shape index (κ3) is 2.77. The molecule has 21 heavy (non-hydrogen) atoms. The molecule has 1 fully saturated rings. The van der Waals surface area contributed by atoms with Crippen molar-refractivity contribution in [2.24, 2.45) is 0 Å². The van der Waals surface area contributed by atoms with E-state index in [2.05, 4.69) is 21.5 Å². The van der Waals surface area contributed by atoms with Crippen LogP contribution >= 0.6 is 23.2 Å². The lowest BCUT2D eigenvalue weighted by atomic mass is 10.0. The molecule has 0 amide bonds. The van der Waals surface area contributed by atoms with Gasteiger partial charge >= 0.3 is 0 Å². The fourth-order valence-electron chi connectivity index (χ4n) is 3.03. The predicted octanol–water partition coefficient (Wildman–Crippen LogP) is 4.40. The topological polar surface area (TPSA) is 21.1 Å². The molecule has 1 atom stereocenters. The quantitative estimate of drug-likeness (QED) is 0.761. The number of halogens is 3. The van der Waals surface area contributed by atoms with Crippen molar-refractivity contribution >= 4 is 34.2 Å². The van der Waals surface area contributed by atoms with Crippen molar-refractivity contribution in [3.05, 3.63) is 28.8 Å². The molecule has 0 radical (unpaired) electrons. The number of hydrogen-bond donors (Lipinski definition) is 0. The molecule has 114 valence electrons. The lowest BCUT2D eigenvalue weighted by Crippen LogP contribution is -2.32. The number of fused-ring (bicyclic) bond motifs is 1. The summed E-state index contributed by atoms with van der Waals surface area (Å²) in [7, 11) is 2.12.